The Morgan fingerprint density at radius 2 is 2.21 bits per heavy atom. The van der Waals surface area contributed by atoms with E-state index in [-0.39, 0.29) is 11.9 Å². The zero-order valence-electron chi connectivity index (χ0n) is 13.7. The summed E-state index contributed by atoms with van der Waals surface area (Å²) < 4.78 is 5.72. The Morgan fingerprint density at radius 3 is 2.92 bits per heavy atom. The number of thiazole rings is 1. The number of carbonyl (C=O) groups is 1. The lowest BCUT2D eigenvalue weighted by Gasteiger charge is -2.33. The summed E-state index contributed by atoms with van der Waals surface area (Å²) in [5.74, 6) is 0.799. The second-order valence-corrected chi connectivity index (χ2v) is 7.34. The van der Waals surface area contributed by atoms with E-state index in [0.29, 0.717) is 16.5 Å². The largest absolute Gasteiger partial charge is 0.486 e. The van der Waals surface area contributed by atoms with Crippen LogP contribution >= 0.6 is 22.9 Å². The number of aryl methyl sites for hydroxylation is 1. The molecule has 1 fully saturated rings. The van der Waals surface area contributed by atoms with Crippen LogP contribution in [0.5, 0.6) is 5.75 Å². The maximum atomic E-state index is 12.8. The summed E-state index contributed by atoms with van der Waals surface area (Å²) in [6.07, 6.45) is 0. The Kier molecular flexibility index (Phi) is 5.38. The molecule has 1 aromatic heterocycles. The van der Waals surface area contributed by atoms with Gasteiger partial charge in [0.25, 0.3) is 5.91 Å². The van der Waals surface area contributed by atoms with Crippen LogP contribution in [0.2, 0.25) is 5.02 Å². The fourth-order valence-corrected chi connectivity index (χ4v) is 3.72. The van der Waals surface area contributed by atoms with Crippen molar-refractivity contribution in [3.05, 3.63) is 44.9 Å². The summed E-state index contributed by atoms with van der Waals surface area (Å²) in [7, 11) is 0. The molecule has 0 saturated carbocycles. The van der Waals surface area contributed by atoms with Crippen LogP contribution < -0.4 is 10.1 Å². The molecule has 128 valence electrons. The van der Waals surface area contributed by atoms with Crippen molar-refractivity contribution in [2.75, 3.05) is 19.6 Å². The number of aromatic nitrogens is 1. The van der Waals surface area contributed by atoms with Crippen molar-refractivity contribution >= 4 is 28.8 Å². The molecule has 2 heterocycles. The minimum Gasteiger partial charge on any atom is -0.486 e. The second kappa shape index (κ2) is 7.51. The molecular weight excluding hydrogens is 346 g/mol. The van der Waals surface area contributed by atoms with Crippen molar-refractivity contribution in [3.63, 3.8) is 0 Å². The zero-order valence-corrected chi connectivity index (χ0v) is 15.3. The Morgan fingerprint density at radius 1 is 1.46 bits per heavy atom. The van der Waals surface area contributed by atoms with E-state index in [0.717, 1.165) is 36.1 Å². The smallest absolute Gasteiger partial charge is 0.266 e. The van der Waals surface area contributed by atoms with Gasteiger partial charge >= 0.3 is 0 Å². The minimum absolute atomic E-state index is 0.0664. The van der Waals surface area contributed by atoms with Crippen molar-refractivity contribution in [1.82, 2.24) is 15.2 Å². The summed E-state index contributed by atoms with van der Waals surface area (Å²) in [4.78, 5) is 19.9. The third-order valence-corrected chi connectivity index (χ3v) is 5.34. The van der Waals surface area contributed by atoms with Gasteiger partial charge in [-0.15, -0.1) is 11.3 Å². The summed E-state index contributed by atoms with van der Waals surface area (Å²) >= 11 is 7.27. The van der Waals surface area contributed by atoms with Crippen LogP contribution in [0.15, 0.2) is 24.3 Å². The monoisotopic (exact) mass is 365 g/mol. The van der Waals surface area contributed by atoms with Crippen LogP contribution in [0, 0.1) is 6.92 Å². The first-order valence-electron chi connectivity index (χ1n) is 7.91. The Labute approximate surface area is 150 Å². The number of amides is 1. The molecule has 3 rings (SSSR count). The van der Waals surface area contributed by atoms with Gasteiger partial charge in [0.2, 0.25) is 0 Å². The van der Waals surface area contributed by atoms with E-state index in [9.17, 15) is 4.79 Å². The van der Waals surface area contributed by atoms with Crippen molar-refractivity contribution in [1.29, 1.82) is 0 Å². The Hall–Kier alpha value is -1.63. The number of nitrogens with zero attached hydrogens (tertiary/aromatic N) is 2. The fourth-order valence-electron chi connectivity index (χ4n) is 2.66. The van der Waals surface area contributed by atoms with Crippen LogP contribution in [-0.4, -0.2) is 41.5 Å². The highest BCUT2D eigenvalue weighted by atomic mass is 35.5. The number of benzene rings is 1. The molecule has 1 atom stereocenters. The molecule has 0 bridgehead atoms. The standard InChI is InChI=1S/C17H20ClN3O2S/c1-11-9-19-7-8-21(11)17(22)16-12(2)20-15(24-16)10-23-14-5-3-13(18)4-6-14/h3-6,11,19H,7-10H2,1-2H3. The molecule has 0 aliphatic carbocycles. The highest BCUT2D eigenvalue weighted by molar-refractivity contribution is 7.13. The van der Waals surface area contributed by atoms with E-state index in [1.165, 1.54) is 11.3 Å². The highest BCUT2D eigenvalue weighted by Crippen LogP contribution is 2.23. The number of hydrogen-bond acceptors (Lipinski definition) is 5. The van der Waals surface area contributed by atoms with Crippen LogP contribution in [-0.2, 0) is 6.61 Å². The number of hydrogen-bond donors (Lipinski definition) is 1. The predicted octanol–water partition coefficient (Wildman–Crippen LogP) is 3.12. The fraction of sp³-hybridized carbons (Fsp3) is 0.412. The van der Waals surface area contributed by atoms with E-state index >= 15 is 0 Å². The van der Waals surface area contributed by atoms with Gasteiger partial charge in [-0.1, -0.05) is 11.6 Å². The molecule has 1 N–H and O–H groups in total. The number of halogens is 1. The number of rotatable bonds is 4. The molecule has 1 unspecified atom stereocenters. The molecule has 7 heteroatoms. The van der Waals surface area contributed by atoms with Crippen LogP contribution in [0.4, 0.5) is 0 Å². The Balaban J connectivity index is 1.68. The van der Waals surface area contributed by atoms with Crippen LogP contribution in [0.1, 0.15) is 27.3 Å². The number of piperazine rings is 1. The van der Waals surface area contributed by atoms with Gasteiger partial charge < -0.3 is 15.0 Å². The average molecular weight is 366 g/mol. The maximum absolute atomic E-state index is 12.8. The van der Waals surface area contributed by atoms with Gasteiger partial charge in [0, 0.05) is 30.7 Å². The first kappa shape index (κ1) is 17.2. The summed E-state index contributed by atoms with van der Waals surface area (Å²) in [5.41, 5.74) is 0.769. The molecule has 2 aromatic rings. The van der Waals surface area contributed by atoms with E-state index in [4.69, 9.17) is 16.3 Å². The predicted molar refractivity (Wildman–Crippen MR) is 96.0 cm³/mol. The third-order valence-electron chi connectivity index (χ3n) is 3.97. The third kappa shape index (κ3) is 3.88. The number of carbonyl (C=O) groups excluding carboxylic acids is 1. The van der Waals surface area contributed by atoms with Crippen molar-refractivity contribution in [2.45, 2.75) is 26.5 Å². The van der Waals surface area contributed by atoms with E-state index < -0.39 is 0 Å². The normalized spacial score (nSPS) is 17.8. The molecule has 1 aliphatic rings. The van der Waals surface area contributed by atoms with Gasteiger partial charge in [-0.2, -0.15) is 0 Å². The van der Waals surface area contributed by atoms with Gasteiger partial charge in [0.05, 0.1) is 5.69 Å². The highest BCUT2D eigenvalue weighted by Gasteiger charge is 2.27. The minimum atomic E-state index is 0.0664. The average Bonchev–Trinajstić information content (AvgIpc) is 2.95. The lowest BCUT2D eigenvalue weighted by molar-refractivity contribution is 0.0660. The quantitative estimate of drug-likeness (QED) is 0.904. The molecule has 0 radical (unpaired) electrons. The van der Waals surface area contributed by atoms with E-state index in [1.54, 1.807) is 12.1 Å². The first-order valence-corrected chi connectivity index (χ1v) is 9.10. The molecule has 5 nitrogen and oxygen atoms in total. The van der Waals surface area contributed by atoms with Crippen molar-refractivity contribution < 1.29 is 9.53 Å². The Bertz CT molecular complexity index is 717. The number of ether oxygens (including phenoxy) is 1. The van der Waals surface area contributed by atoms with Gasteiger partial charge in [0.15, 0.2) is 0 Å². The molecule has 1 aromatic carbocycles. The SMILES string of the molecule is Cc1nc(COc2ccc(Cl)cc2)sc1C(=O)N1CCNCC1C. The molecule has 1 aliphatic heterocycles. The molecule has 24 heavy (non-hydrogen) atoms. The molecule has 1 saturated heterocycles. The van der Waals surface area contributed by atoms with Crippen molar-refractivity contribution in [2.24, 2.45) is 0 Å². The summed E-state index contributed by atoms with van der Waals surface area (Å²) in [6, 6.07) is 7.39. The van der Waals surface area contributed by atoms with E-state index in [1.807, 2.05) is 24.0 Å². The van der Waals surface area contributed by atoms with Crippen molar-refractivity contribution in [3.8, 4) is 5.75 Å². The number of nitrogens with one attached hydrogen (secondary N) is 1. The summed E-state index contributed by atoms with van der Waals surface area (Å²) in [5, 5.41) is 4.77. The van der Waals surface area contributed by atoms with Gasteiger partial charge in [-0.25, -0.2) is 4.98 Å². The topological polar surface area (TPSA) is 54.5 Å². The van der Waals surface area contributed by atoms with E-state index in [2.05, 4.69) is 17.2 Å². The molecule has 1 amide bonds. The maximum Gasteiger partial charge on any atom is 0.266 e. The van der Waals surface area contributed by atoms with Gasteiger partial charge in [-0.3, -0.25) is 4.79 Å². The first-order chi connectivity index (χ1) is 11.5. The molecular formula is C17H20ClN3O2S. The lowest BCUT2D eigenvalue weighted by atomic mass is 10.2. The van der Waals surface area contributed by atoms with Crippen LogP contribution in [0.3, 0.4) is 0 Å². The van der Waals surface area contributed by atoms with Gasteiger partial charge in [-0.05, 0) is 38.1 Å². The molecule has 0 spiro atoms. The second-order valence-electron chi connectivity index (χ2n) is 5.82. The van der Waals surface area contributed by atoms with Crippen LogP contribution in [0.25, 0.3) is 0 Å². The summed E-state index contributed by atoms with van der Waals surface area (Å²) in [6.45, 7) is 6.68. The van der Waals surface area contributed by atoms with Gasteiger partial charge in [0.1, 0.15) is 22.2 Å². The lowest BCUT2D eigenvalue weighted by Crippen LogP contribution is -2.52. The zero-order chi connectivity index (χ0) is 17.1.